The van der Waals surface area contributed by atoms with Crippen LogP contribution in [0.4, 0.5) is 0 Å². The first kappa shape index (κ1) is 56.5. The minimum absolute atomic E-state index is 0.0584. The third-order valence-electron chi connectivity index (χ3n) is 8.72. The van der Waals surface area contributed by atoms with E-state index in [1.54, 1.807) is 0 Å². The van der Waals surface area contributed by atoms with Gasteiger partial charge in [0.2, 0.25) is 0 Å². The number of carbonyl (C=O) groups is 2. The number of benzene rings is 1. The van der Waals surface area contributed by atoms with E-state index in [0.717, 1.165) is 12.2 Å². The van der Waals surface area contributed by atoms with E-state index in [0.29, 0.717) is 158 Å². The van der Waals surface area contributed by atoms with Gasteiger partial charge < -0.3 is 66.7 Å². The molecule has 0 radical (unpaired) electrons. The number of carboxylic acids is 1. The van der Waals surface area contributed by atoms with E-state index in [1.807, 2.05) is 12.1 Å². The fourth-order valence-electron chi connectivity index (χ4n) is 5.39. The van der Waals surface area contributed by atoms with Crippen LogP contribution in [-0.2, 0) is 72.9 Å². The second-order valence-electron chi connectivity index (χ2n) is 13.9. The lowest BCUT2D eigenvalue weighted by molar-refractivity contribution is -0.146. The minimum atomic E-state index is -0.864. The quantitative estimate of drug-likeness (QED) is 0.0621. The van der Waals surface area contributed by atoms with E-state index < -0.39 is 5.97 Å². The molecule has 0 bridgehead atoms. The second kappa shape index (κ2) is 47.0. The molecule has 1 rings (SSSR count). The molecule has 0 atom stereocenters. The average molecular weight is 877 g/mol. The zero-order valence-electron chi connectivity index (χ0n) is 37.3. The first-order chi connectivity index (χ1) is 30.1. The van der Waals surface area contributed by atoms with E-state index in [4.69, 9.17) is 66.7 Å². The zero-order valence-corrected chi connectivity index (χ0v) is 37.3. The van der Waals surface area contributed by atoms with Gasteiger partial charge in [0.25, 0.3) is 0 Å². The number of esters is 1. The maximum Gasteiger partial charge on any atom is 0.305 e. The van der Waals surface area contributed by atoms with Crippen LogP contribution in [0.2, 0.25) is 0 Å². The fourth-order valence-corrected chi connectivity index (χ4v) is 5.39. The lowest BCUT2D eigenvalue weighted by Crippen LogP contribution is -2.16. The smallest absolute Gasteiger partial charge is 0.305 e. The Balaban J connectivity index is 1.67. The van der Waals surface area contributed by atoms with Crippen LogP contribution >= 0.6 is 0 Å². The minimum Gasteiger partial charge on any atom is -0.491 e. The third-order valence-corrected chi connectivity index (χ3v) is 8.72. The molecule has 0 saturated carbocycles. The second-order valence-corrected chi connectivity index (χ2v) is 13.9. The van der Waals surface area contributed by atoms with Crippen molar-refractivity contribution in [2.75, 3.05) is 159 Å². The predicted molar refractivity (Wildman–Crippen MR) is 230 cm³/mol. The monoisotopic (exact) mass is 877 g/mol. The molecule has 0 amide bonds. The Morgan fingerprint density at radius 3 is 1.10 bits per heavy atom. The SMILES string of the molecule is CCCCCCCCCc1ccc(OCCOCCOCCOCCOCCOCCOCCOCCOCCOCCOCCOCCOC(=O)CCCCC(=O)O)cc1. The predicted octanol–water partition coefficient (Wildman–Crippen LogP) is 5.73. The molecule has 0 aliphatic heterocycles. The molecular weight excluding hydrogens is 796 g/mol. The molecule has 0 aromatic heterocycles. The number of hydrogen-bond donors (Lipinski definition) is 1. The van der Waals surface area contributed by atoms with Gasteiger partial charge in [0.1, 0.15) is 19.0 Å². The molecule has 16 heteroatoms. The Kier molecular flexibility index (Phi) is 43.6. The maximum absolute atomic E-state index is 11.5. The van der Waals surface area contributed by atoms with Crippen LogP contribution in [-0.4, -0.2) is 176 Å². The zero-order chi connectivity index (χ0) is 43.8. The highest BCUT2D eigenvalue weighted by Crippen LogP contribution is 2.15. The maximum atomic E-state index is 11.5. The molecule has 0 aliphatic rings. The molecule has 61 heavy (non-hydrogen) atoms. The Hall–Kier alpha value is -2.48. The van der Waals surface area contributed by atoms with Crippen molar-refractivity contribution in [2.45, 2.75) is 84.0 Å². The van der Waals surface area contributed by atoms with Crippen molar-refractivity contribution < 1.29 is 76.3 Å². The van der Waals surface area contributed by atoms with E-state index in [2.05, 4.69) is 19.1 Å². The first-order valence-corrected chi connectivity index (χ1v) is 22.6. The van der Waals surface area contributed by atoms with E-state index in [9.17, 15) is 9.59 Å². The van der Waals surface area contributed by atoms with Crippen molar-refractivity contribution in [3.8, 4) is 5.75 Å². The summed E-state index contributed by atoms with van der Waals surface area (Å²) in [6, 6.07) is 8.43. The third kappa shape index (κ3) is 43.9. The summed E-state index contributed by atoms with van der Waals surface area (Å²) in [7, 11) is 0. The summed E-state index contributed by atoms with van der Waals surface area (Å²) in [6.07, 6.45) is 11.7. The molecule has 0 fully saturated rings. The molecule has 1 aromatic carbocycles. The summed E-state index contributed by atoms with van der Waals surface area (Å²) >= 11 is 0. The van der Waals surface area contributed by atoms with Crippen molar-refractivity contribution in [3.63, 3.8) is 0 Å². The van der Waals surface area contributed by atoms with Gasteiger partial charge in [-0.25, -0.2) is 0 Å². The molecule has 0 aliphatic carbocycles. The van der Waals surface area contributed by atoms with Crippen molar-refractivity contribution >= 4 is 11.9 Å². The molecule has 0 saturated heterocycles. The average Bonchev–Trinajstić information content (AvgIpc) is 3.26. The fraction of sp³-hybridized carbons (Fsp3) is 0.822. The molecule has 16 nitrogen and oxygen atoms in total. The van der Waals surface area contributed by atoms with Crippen LogP contribution in [0.1, 0.15) is 83.1 Å². The normalized spacial score (nSPS) is 11.4. The van der Waals surface area contributed by atoms with Crippen LogP contribution in [0, 0.1) is 0 Å². The van der Waals surface area contributed by atoms with Gasteiger partial charge in [-0.15, -0.1) is 0 Å². The molecular formula is C45H80O16. The highest BCUT2D eigenvalue weighted by molar-refractivity contribution is 5.69. The van der Waals surface area contributed by atoms with Gasteiger partial charge in [0.15, 0.2) is 0 Å². The van der Waals surface area contributed by atoms with Crippen LogP contribution in [0.25, 0.3) is 0 Å². The molecule has 0 heterocycles. The standard InChI is InChI=1S/C45H80O16/c1-2-3-4-5-6-7-8-11-42-14-16-43(17-15-42)60-40-38-58-36-34-56-32-30-54-28-26-52-24-22-50-20-18-49-19-21-51-23-25-53-27-29-55-31-33-57-35-37-59-39-41-61-45(48)13-10-9-12-44(46)47/h14-17H,2-13,18-41H2,1H3,(H,46,47). The Morgan fingerprint density at radius 2 is 0.721 bits per heavy atom. The number of ether oxygens (including phenoxy) is 13. The van der Waals surface area contributed by atoms with Crippen LogP contribution in [0.15, 0.2) is 24.3 Å². The number of unbranched alkanes of at least 4 members (excludes halogenated alkanes) is 7. The van der Waals surface area contributed by atoms with E-state index in [1.165, 1.54) is 50.5 Å². The summed E-state index contributed by atoms with van der Waals surface area (Å²) in [5, 5.41) is 8.57. The topological polar surface area (TPSA) is 174 Å². The van der Waals surface area contributed by atoms with E-state index in [-0.39, 0.29) is 32.0 Å². The van der Waals surface area contributed by atoms with Gasteiger partial charge in [0, 0.05) is 12.8 Å². The number of carbonyl (C=O) groups excluding carboxylic acids is 1. The number of aliphatic carboxylic acids is 1. The molecule has 0 unspecified atom stereocenters. The van der Waals surface area contributed by atoms with Gasteiger partial charge in [-0.1, -0.05) is 57.6 Å². The Bertz CT molecular complexity index is 1060. The van der Waals surface area contributed by atoms with Crippen molar-refractivity contribution in [2.24, 2.45) is 0 Å². The van der Waals surface area contributed by atoms with Crippen molar-refractivity contribution in [1.29, 1.82) is 0 Å². The molecule has 0 spiro atoms. The summed E-state index contributed by atoms with van der Waals surface area (Å²) in [6.45, 7) is 13.3. The highest BCUT2D eigenvalue weighted by atomic mass is 16.6. The Labute approximate surface area is 365 Å². The highest BCUT2D eigenvalue weighted by Gasteiger charge is 2.05. The number of rotatable bonds is 50. The van der Waals surface area contributed by atoms with Crippen LogP contribution < -0.4 is 4.74 Å². The summed E-state index contributed by atoms with van der Waals surface area (Å²) < 4.78 is 71.2. The van der Waals surface area contributed by atoms with Crippen LogP contribution in [0.5, 0.6) is 5.75 Å². The molecule has 1 N–H and O–H groups in total. The lowest BCUT2D eigenvalue weighted by atomic mass is 10.0. The number of carboxylic acid groups (broad SMARTS) is 1. The van der Waals surface area contributed by atoms with Gasteiger partial charge in [-0.3, -0.25) is 9.59 Å². The summed E-state index contributed by atoms with van der Waals surface area (Å²) in [5.41, 5.74) is 1.37. The van der Waals surface area contributed by atoms with Gasteiger partial charge in [0.05, 0.1) is 145 Å². The lowest BCUT2D eigenvalue weighted by Gasteiger charge is -2.09. The molecule has 356 valence electrons. The first-order valence-electron chi connectivity index (χ1n) is 22.6. The molecule has 1 aromatic rings. The van der Waals surface area contributed by atoms with Gasteiger partial charge in [-0.05, 0) is 43.4 Å². The van der Waals surface area contributed by atoms with Crippen molar-refractivity contribution in [1.82, 2.24) is 0 Å². The van der Waals surface area contributed by atoms with Gasteiger partial charge >= 0.3 is 11.9 Å². The summed E-state index contributed by atoms with van der Waals surface area (Å²) in [5.74, 6) is -0.332. The largest absolute Gasteiger partial charge is 0.491 e. The van der Waals surface area contributed by atoms with Crippen molar-refractivity contribution in [3.05, 3.63) is 29.8 Å². The van der Waals surface area contributed by atoms with Crippen LogP contribution in [0.3, 0.4) is 0 Å². The van der Waals surface area contributed by atoms with Gasteiger partial charge in [-0.2, -0.15) is 0 Å². The summed E-state index contributed by atoms with van der Waals surface area (Å²) in [4.78, 5) is 21.9. The number of aryl methyl sites for hydroxylation is 1. The number of hydrogen-bond acceptors (Lipinski definition) is 15. The van der Waals surface area contributed by atoms with E-state index >= 15 is 0 Å². The Morgan fingerprint density at radius 1 is 0.393 bits per heavy atom.